The molecule has 0 aromatic rings. The molecule has 15 heavy (non-hydrogen) atoms. The van der Waals surface area contributed by atoms with E-state index in [4.69, 9.17) is 11.2 Å². The number of hydrogen-bond donors (Lipinski definition) is 1. The molecular formula is C12H21NO2. The number of nitrogens with one attached hydrogen (secondary N) is 1. The second-order valence-corrected chi connectivity index (χ2v) is 5.61. The van der Waals surface area contributed by atoms with E-state index in [0.29, 0.717) is 0 Å². The van der Waals surface area contributed by atoms with E-state index in [1.807, 2.05) is 41.5 Å². The van der Waals surface area contributed by atoms with Crippen molar-refractivity contribution in [3.8, 4) is 12.3 Å². The van der Waals surface area contributed by atoms with Crippen LogP contribution >= 0.6 is 0 Å². The lowest BCUT2D eigenvalue weighted by atomic mass is 9.87. The molecule has 0 spiro atoms. The average Bonchev–Trinajstić information content (AvgIpc) is 1.94. The smallest absolute Gasteiger partial charge is 0.408 e. The van der Waals surface area contributed by atoms with Crippen LogP contribution in [0.4, 0.5) is 4.79 Å². The summed E-state index contributed by atoms with van der Waals surface area (Å²) in [6.07, 6.45) is 4.88. The molecule has 0 aliphatic carbocycles. The van der Waals surface area contributed by atoms with Gasteiger partial charge in [0, 0.05) is 0 Å². The Labute approximate surface area is 92.6 Å². The highest BCUT2D eigenvalue weighted by molar-refractivity contribution is 5.68. The van der Waals surface area contributed by atoms with Crippen LogP contribution in [0.3, 0.4) is 0 Å². The second-order valence-electron chi connectivity index (χ2n) is 5.61. The van der Waals surface area contributed by atoms with Crippen LogP contribution in [0, 0.1) is 17.8 Å². The quantitative estimate of drug-likeness (QED) is 0.677. The summed E-state index contributed by atoms with van der Waals surface area (Å²) < 4.78 is 5.12. The number of hydrogen-bond acceptors (Lipinski definition) is 2. The topological polar surface area (TPSA) is 38.3 Å². The Kier molecular flexibility index (Phi) is 4.21. The van der Waals surface area contributed by atoms with Gasteiger partial charge in [0.25, 0.3) is 0 Å². The molecular weight excluding hydrogens is 190 g/mol. The third kappa shape index (κ3) is 6.01. The summed E-state index contributed by atoms with van der Waals surface area (Å²) in [5, 5.41) is 2.67. The highest BCUT2D eigenvalue weighted by Gasteiger charge is 2.26. The van der Waals surface area contributed by atoms with Crippen LogP contribution in [-0.4, -0.2) is 17.7 Å². The predicted octanol–water partition coefficient (Wildman–Crippen LogP) is 2.56. The lowest BCUT2D eigenvalue weighted by molar-refractivity contribution is 0.0488. The summed E-state index contributed by atoms with van der Waals surface area (Å²) in [5.41, 5.74) is -0.674. The Balaban J connectivity index is 4.36. The van der Waals surface area contributed by atoms with Gasteiger partial charge in [0.1, 0.15) is 5.60 Å². The van der Waals surface area contributed by atoms with Crippen molar-refractivity contribution in [2.24, 2.45) is 5.41 Å². The zero-order chi connectivity index (χ0) is 12.3. The number of terminal acetylenes is 1. The van der Waals surface area contributed by atoms with E-state index in [9.17, 15) is 4.79 Å². The molecule has 0 aromatic heterocycles. The van der Waals surface area contributed by atoms with E-state index < -0.39 is 11.7 Å². The summed E-state index contributed by atoms with van der Waals surface area (Å²) in [6.45, 7) is 11.3. The maximum Gasteiger partial charge on any atom is 0.408 e. The molecule has 0 fully saturated rings. The minimum atomic E-state index is -0.499. The van der Waals surface area contributed by atoms with Crippen molar-refractivity contribution < 1.29 is 9.53 Å². The van der Waals surface area contributed by atoms with Crippen LogP contribution in [0.5, 0.6) is 0 Å². The number of ether oxygens (including phenoxy) is 1. The summed E-state index contributed by atoms with van der Waals surface area (Å²) in [7, 11) is 0. The Hall–Kier alpha value is -1.17. The van der Waals surface area contributed by atoms with Gasteiger partial charge in [-0.2, -0.15) is 0 Å². The van der Waals surface area contributed by atoms with Gasteiger partial charge in [-0.25, -0.2) is 4.79 Å². The molecule has 3 heteroatoms. The standard InChI is InChI=1S/C12H21NO2/c1-8-9(11(2,3)4)13-10(14)15-12(5,6)7/h1,9H,2-7H3,(H,13,14)/t9-/m1/s1. The summed E-state index contributed by atoms with van der Waals surface area (Å²) in [6, 6.07) is -0.327. The highest BCUT2D eigenvalue weighted by atomic mass is 16.6. The lowest BCUT2D eigenvalue weighted by Crippen LogP contribution is -2.44. The molecule has 0 saturated heterocycles. The molecule has 1 amide bonds. The fourth-order valence-electron chi connectivity index (χ4n) is 0.934. The molecule has 0 heterocycles. The van der Waals surface area contributed by atoms with Crippen LogP contribution in [0.1, 0.15) is 41.5 Å². The maximum atomic E-state index is 11.4. The van der Waals surface area contributed by atoms with E-state index in [2.05, 4.69) is 11.2 Å². The van der Waals surface area contributed by atoms with Crippen LogP contribution in [0.2, 0.25) is 0 Å². The van der Waals surface area contributed by atoms with Crippen LogP contribution in [0.15, 0.2) is 0 Å². The molecule has 3 nitrogen and oxygen atoms in total. The molecule has 0 aliphatic heterocycles. The zero-order valence-corrected chi connectivity index (χ0v) is 10.5. The normalized spacial score (nSPS) is 13.9. The van der Waals surface area contributed by atoms with Crippen molar-refractivity contribution in [1.82, 2.24) is 5.32 Å². The maximum absolute atomic E-state index is 11.4. The minimum Gasteiger partial charge on any atom is -0.444 e. The van der Waals surface area contributed by atoms with Crippen LogP contribution in [0.25, 0.3) is 0 Å². The average molecular weight is 211 g/mol. The van der Waals surface area contributed by atoms with Gasteiger partial charge in [-0.15, -0.1) is 6.42 Å². The molecule has 0 aromatic carbocycles. The largest absolute Gasteiger partial charge is 0.444 e. The third-order valence-corrected chi connectivity index (χ3v) is 1.69. The van der Waals surface area contributed by atoms with Gasteiger partial charge in [0.2, 0.25) is 0 Å². The molecule has 0 saturated carbocycles. The monoisotopic (exact) mass is 211 g/mol. The Morgan fingerprint density at radius 1 is 1.27 bits per heavy atom. The third-order valence-electron chi connectivity index (χ3n) is 1.69. The molecule has 0 bridgehead atoms. The van der Waals surface area contributed by atoms with Gasteiger partial charge >= 0.3 is 6.09 Å². The van der Waals surface area contributed by atoms with Crippen molar-refractivity contribution in [2.45, 2.75) is 53.2 Å². The van der Waals surface area contributed by atoms with Crippen molar-refractivity contribution in [3.63, 3.8) is 0 Å². The van der Waals surface area contributed by atoms with E-state index in [0.717, 1.165) is 0 Å². The van der Waals surface area contributed by atoms with Crippen molar-refractivity contribution in [1.29, 1.82) is 0 Å². The lowest BCUT2D eigenvalue weighted by Gasteiger charge is -2.28. The molecule has 86 valence electrons. The first-order valence-electron chi connectivity index (χ1n) is 5.02. The number of carbonyl (C=O) groups excluding carboxylic acids is 1. The number of alkyl carbamates (subject to hydrolysis) is 1. The molecule has 0 unspecified atom stereocenters. The molecule has 1 atom stereocenters. The Morgan fingerprint density at radius 3 is 2.00 bits per heavy atom. The van der Waals surface area contributed by atoms with Gasteiger partial charge in [0.05, 0.1) is 6.04 Å². The van der Waals surface area contributed by atoms with Crippen molar-refractivity contribution >= 4 is 6.09 Å². The second kappa shape index (κ2) is 4.57. The van der Waals surface area contributed by atoms with Crippen molar-refractivity contribution in [2.75, 3.05) is 0 Å². The summed E-state index contributed by atoms with van der Waals surface area (Å²) >= 11 is 0. The molecule has 1 N–H and O–H groups in total. The first kappa shape index (κ1) is 13.8. The zero-order valence-electron chi connectivity index (χ0n) is 10.5. The van der Waals surface area contributed by atoms with E-state index in [1.165, 1.54) is 0 Å². The SMILES string of the molecule is C#C[C@@H](NC(=O)OC(C)(C)C)C(C)(C)C. The molecule has 0 aliphatic rings. The number of rotatable bonds is 1. The first-order valence-corrected chi connectivity index (χ1v) is 5.02. The van der Waals surface area contributed by atoms with Gasteiger partial charge in [-0.05, 0) is 26.2 Å². The fourth-order valence-corrected chi connectivity index (χ4v) is 0.934. The van der Waals surface area contributed by atoms with Crippen LogP contribution in [-0.2, 0) is 4.74 Å². The fraction of sp³-hybridized carbons (Fsp3) is 0.750. The van der Waals surface area contributed by atoms with Gasteiger partial charge in [-0.3, -0.25) is 0 Å². The van der Waals surface area contributed by atoms with E-state index in [-0.39, 0.29) is 11.5 Å². The van der Waals surface area contributed by atoms with Gasteiger partial charge in [-0.1, -0.05) is 26.7 Å². The highest BCUT2D eigenvalue weighted by Crippen LogP contribution is 2.19. The first-order chi connectivity index (χ1) is 6.56. The minimum absolute atomic E-state index is 0.175. The number of amides is 1. The summed E-state index contributed by atoms with van der Waals surface area (Å²) in [5.74, 6) is 2.55. The Bertz CT molecular complexity index is 263. The Morgan fingerprint density at radius 2 is 1.73 bits per heavy atom. The molecule has 0 radical (unpaired) electrons. The van der Waals surface area contributed by atoms with E-state index >= 15 is 0 Å². The van der Waals surface area contributed by atoms with Gasteiger partial charge in [0.15, 0.2) is 0 Å². The van der Waals surface area contributed by atoms with Crippen LogP contribution < -0.4 is 5.32 Å². The molecule has 0 rings (SSSR count). The van der Waals surface area contributed by atoms with Gasteiger partial charge < -0.3 is 10.1 Å². The van der Waals surface area contributed by atoms with E-state index in [1.54, 1.807) is 0 Å². The predicted molar refractivity (Wildman–Crippen MR) is 61.4 cm³/mol. The number of carbonyl (C=O) groups is 1. The van der Waals surface area contributed by atoms with Crippen molar-refractivity contribution in [3.05, 3.63) is 0 Å². The summed E-state index contributed by atoms with van der Waals surface area (Å²) in [4.78, 5) is 11.4.